The lowest BCUT2D eigenvalue weighted by molar-refractivity contribution is -0.00100. The molecule has 0 radical (unpaired) electrons. The normalized spacial score (nSPS) is 15.0. The van der Waals surface area contributed by atoms with Crippen LogP contribution in [0.15, 0.2) is 0 Å². The van der Waals surface area contributed by atoms with Gasteiger partial charge in [-0.3, -0.25) is 0 Å². The van der Waals surface area contributed by atoms with Crippen molar-refractivity contribution in [1.29, 1.82) is 0 Å². The van der Waals surface area contributed by atoms with Crippen LogP contribution in [0, 0.1) is 0 Å². The van der Waals surface area contributed by atoms with E-state index in [-0.39, 0.29) is 95.9 Å². The molecule has 0 aliphatic rings. The van der Waals surface area contributed by atoms with Crippen LogP contribution in [0.25, 0.3) is 0 Å². The Bertz CT molecular complexity index is 182. The minimum atomic E-state index is 0. The van der Waals surface area contributed by atoms with E-state index in [9.17, 15) is 0 Å². The first-order chi connectivity index (χ1) is 8.49. The summed E-state index contributed by atoms with van der Waals surface area (Å²) in [5, 5.41) is 0. The second-order valence-electron chi connectivity index (χ2n) is 4.93. The number of rotatable bonds is 11. The Labute approximate surface area is 220 Å². The van der Waals surface area contributed by atoms with Gasteiger partial charge in [0, 0.05) is 0 Å². The standard InChI is InChI=1S/C14H34S4.4HI/c1-7-15(3)9-11-17(5)13-14-18(6)12-10-16(4)8-2;;;;/h7-14H2,1-6H3;4*1H/q+4;;;;/p-4. The topological polar surface area (TPSA) is 0 Å². The molecule has 0 saturated carbocycles. The highest BCUT2D eigenvalue weighted by Gasteiger charge is 2.23. The molecule has 0 amide bonds. The first-order valence-corrected chi connectivity index (χ1v) is 14.7. The maximum atomic E-state index is 2.49. The fourth-order valence-electron chi connectivity index (χ4n) is 1.35. The average Bonchev–Trinajstić information content (AvgIpc) is 2.39. The minimum Gasteiger partial charge on any atom is -1.00 e. The van der Waals surface area contributed by atoms with Gasteiger partial charge in [0.2, 0.25) is 0 Å². The molecule has 8 heteroatoms. The Balaban J connectivity index is -0.000000241. The van der Waals surface area contributed by atoms with Gasteiger partial charge in [-0.25, -0.2) is 0 Å². The summed E-state index contributed by atoms with van der Waals surface area (Å²) in [6.45, 7) is 4.66. The second kappa shape index (κ2) is 25.3. The third-order valence-electron chi connectivity index (χ3n) is 3.33. The molecular formula is C14H34I4S4. The van der Waals surface area contributed by atoms with E-state index in [0.717, 1.165) is 0 Å². The highest BCUT2D eigenvalue weighted by atomic mass is 127. The van der Waals surface area contributed by atoms with Crippen LogP contribution in [0.5, 0.6) is 0 Å². The molecule has 0 heterocycles. The van der Waals surface area contributed by atoms with Crippen molar-refractivity contribution in [2.45, 2.75) is 13.8 Å². The summed E-state index contributed by atoms with van der Waals surface area (Å²) >= 11 is 0. The molecule has 0 aliphatic carbocycles. The van der Waals surface area contributed by atoms with E-state index in [4.69, 9.17) is 0 Å². The molecule has 0 aromatic carbocycles. The van der Waals surface area contributed by atoms with E-state index >= 15 is 0 Å². The molecule has 0 nitrogen and oxygen atoms in total. The smallest absolute Gasteiger partial charge is 0.152 e. The van der Waals surface area contributed by atoms with Crippen LogP contribution in [0.4, 0.5) is 0 Å². The number of hydrogen-bond donors (Lipinski definition) is 0. The van der Waals surface area contributed by atoms with Crippen molar-refractivity contribution in [2.24, 2.45) is 0 Å². The van der Waals surface area contributed by atoms with Crippen molar-refractivity contribution in [2.75, 3.05) is 71.0 Å². The van der Waals surface area contributed by atoms with Gasteiger partial charge in [-0.15, -0.1) is 0 Å². The molecule has 0 rings (SSSR count). The lowest BCUT2D eigenvalue weighted by Crippen LogP contribution is -3.00. The van der Waals surface area contributed by atoms with E-state index < -0.39 is 0 Å². The molecule has 0 aromatic heterocycles. The summed E-state index contributed by atoms with van der Waals surface area (Å²) in [7, 11) is 2.75. The Hall–Kier alpha value is 4.32. The van der Waals surface area contributed by atoms with Crippen LogP contribution in [-0.4, -0.2) is 71.0 Å². The lowest BCUT2D eigenvalue weighted by atomic mass is 10.9. The predicted molar refractivity (Wildman–Crippen MR) is 103 cm³/mol. The molecule has 4 unspecified atom stereocenters. The van der Waals surface area contributed by atoms with Crippen molar-refractivity contribution >= 4 is 43.6 Å². The van der Waals surface area contributed by atoms with Gasteiger partial charge in [-0.2, -0.15) is 0 Å². The number of hydrogen-bond acceptors (Lipinski definition) is 0. The predicted octanol–water partition coefficient (Wildman–Crippen LogP) is -9.97. The monoisotopic (exact) mass is 838 g/mol. The molecule has 142 valence electrons. The van der Waals surface area contributed by atoms with Crippen LogP contribution < -0.4 is 95.9 Å². The van der Waals surface area contributed by atoms with E-state index in [1.54, 1.807) is 0 Å². The molecule has 0 N–H and O–H groups in total. The first-order valence-electron chi connectivity index (χ1n) is 6.86. The van der Waals surface area contributed by atoms with Crippen molar-refractivity contribution < 1.29 is 95.9 Å². The summed E-state index contributed by atoms with van der Waals surface area (Å²) in [6, 6.07) is 0. The summed E-state index contributed by atoms with van der Waals surface area (Å²) < 4.78 is 0. The van der Waals surface area contributed by atoms with Crippen LogP contribution in [-0.2, 0) is 43.6 Å². The molecule has 0 aromatic rings. The van der Waals surface area contributed by atoms with Crippen LogP contribution in [0.3, 0.4) is 0 Å². The van der Waals surface area contributed by atoms with Crippen LogP contribution in [0.2, 0.25) is 0 Å². The zero-order valence-electron chi connectivity index (χ0n) is 14.8. The largest absolute Gasteiger partial charge is 1.00 e. The van der Waals surface area contributed by atoms with Crippen LogP contribution >= 0.6 is 0 Å². The Morgan fingerprint density at radius 2 is 0.591 bits per heavy atom. The fraction of sp³-hybridized carbons (Fsp3) is 1.00. The number of halogens is 4. The zero-order valence-corrected chi connectivity index (χ0v) is 26.7. The van der Waals surface area contributed by atoms with Gasteiger partial charge in [0.05, 0.1) is 25.0 Å². The van der Waals surface area contributed by atoms with Crippen molar-refractivity contribution in [1.82, 2.24) is 0 Å². The van der Waals surface area contributed by atoms with Crippen molar-refractivity contribution in [3.63, 3.8) is 0 Å². The molecule has 0 saturated heterocycles. The van der Waals surface area contributed by atoms with Gasteiger partial charge >= 0.3 is 0 Å². The Morgan fingerprint density at radius 3 is 0.773 bits per heavy atom. The van der Waals surface area contributed by atoms with Gasteiger partial charge in [0.1, 0.15) is 11.5 Å². The van der Waals surface area contributed by atoms with E-state index in [1.165, 1.54) is 46.0 Å². The summed E-state index contributed by atoms with van der Waals surface area (Å²) in [4.78, 5) is 0. The molecular weight excluding hydrogens is 804 g/mol. The van der Waals surface area contributed by atoms with E-state index in [2.05, 4.69) is 38.9 Å². The average molecular weight is 838 g/mol. The second-order valence-corrected chi connectivity index (χ2v) is 14.8. The van der Waals surface area contributed by atoms with Crippen molar-refractivity contribution in [3.8, 4) is 0 Å². The highest BCUT2D eigenvalue weighted by Crippen LogP contribution is 2.02. The minimum absolute atomic E-state index is 0. The third kappa shape index (κ3) is 24.3. The van der Waals surface area contributed by atoms with Gasteiger partial charge in [-0.1, -0.05) is 0 Å². The summed E-state index contributed by atoms with van der Waals surface area (Å²) in [5.74, 6) is 11.7. The fourth-order valence-corrected chi connectivity index (χ4v) is 9.16. The van der Waals surface area contributed by atoms with Crippen LogP contribution in [0.1, 0.15) is 13.8 Å². The third-order valence-corrected chi connectivity index (χ3v) is 11.5. The molecule has 0 aliphatic heterocycles. The van der Waals surface area contributed by atoms with E-state index in [1.807, 2.05) is 0 Å². The Kier molecular flexibility index (Phi) is 42.7. The quantitative estimate of drug-likeness (QED) is 0.144. The first kappa shape index (κ1) is 37.1. The Morgan fingerprint density at radius 1 is 0.409 bits per heavy atom. The van der Waals surface area contributed by atoms with Gasteiger partial charge < -0.3 is 95.9 Å². The molecule has 22 heavy (non-hydrogen) atoms. The van der Waals surface area contributed by atoms with Gasteiger partial charge in [-0.05, 0) is 57.4 Å². The van der Waals surface area contributed by atoms with Gasteiger partial charge in [0.15, 0.2) is 34.5 Å². The summed E-state index contributed by atoms with van der Waals surface area (Å²) in [6.07, 6.45) is 9.82. The zero-order chi connectivity index (χ0) is 14.0. The van der Waals surface area contributed by atoms with E-state index in [0.29, 0.717) is 43.6 Å². The lowest BCUT2D eigenvalue weighted by Gasteiger charge is -2.05. The molecule has 4 atom stereocenters. The van der Waals surface area contributed by atoms with Crippen molar-refractivity contribution in [3.05, 3.63) is 0 Å². The maximum Gasteiger partial charge on any atom is 0.152 e. The molecule has 0 fully saturated rings. The maximum absolute atomic E-state index is 2.49. The highest BCUT2D eigenvalue weighted by molar-refractivity contribution is 8.02. The SMILES string of the molecule is CC[S+](C)CC[S+](C)CC[S+](C)CC[S+](C)CC.[I-].[I-].[I-].[I-]. The molecule has 0 spiro atoms. The van der Waals surface area contributed by atoms with Gasteiger partial charge in [0.25, 0.3) is 0 Å². The molecule has 0 bridgehead atoms. The summed E-state index contributed by atoms with van der Waals surface area (Å²) in [5.41, 5.74) is 0.